The molecule has 282 valence electrons. The minimum Gasteiger partial charge on any atom is -0.0654 e. The molecule has 0 fully saturated rings. The Balaban J connectivity index is 0.00000151. The summed E-state index contributed by atoms with van der Waals surface area (Å²) in [5.74, 6) is 0. The van der Waals surface area contributed by atoms with Gasteiger partial charge in [0.2, 0.25) is 0 Å². The summed E-state index contributed by atoms with van der Waals surface area (Å²) in [5, 5.41) is 0. The van der Waals surface area contributed by atoms with E-state index in [4.69, 9.17) is 0 Å². The van der Waals surface area contributed by atoms with Crippen molar-refractivity contribution in [1.82, 2.24) is 0 Å². The second kappa shape index (κ2) is 32.4. The van der Waals surface area contributed by atoms with E-state index in [0.29, 0.717) is 0 Å². The molecule has 0 aromatic heterocycles. The molecule has 0 aliphatic rings. The van der Waals surface area contributed by atoms with Gasteiger partial charge in [-0.1, -0.05) is 199 Å². The quantitative estimate of drug-likeness (QED) is 0.0724. The minimum atomic E-state index is 1.32. The van der Waals surface area contributed by atoms with Crippen LogP contribution < -0.4 is 0 Å². The van der Waals surface area contributed by atoms with E-state index in [0.717, 1.165) is 0 Å². The SMILES string of the molecule is CCCCCCCc1c(C)c(CCCCCCC)c(CCCCCCC)c(CCCCCCC)c1CCCCCCC.Cc1ccccc1. The van der Waals surface area contributed by atoms with Crippen molar-refractivity contribution < 1.29 is 0 Å². The van der Waals surface area contributed by atoms with Gasteiger partial charge >= 0.3 is 0 Å². The second-order valence-electron chi connectivity index (χ2n) is 15.5. The van der Waals surface area contributed by atoms with Crippen LogP contribution in [-0.4, -0.2) is 0 Å². The number of rotatable bonds is 30. The Morgan fingerprint density at radius 2 is 0.531 bits per heavy atom. The molecule has 0 saturated heterocycles. The molecule has 0 spiro atoms. The van der Waals surface area contributed by atoms with Gasteiger partial charge in [0.1, 0.15) is 0 Å². The van der Waals surface area contributed by atoms with E-state index in [1.54, 1.807) is 5.56 Å². The first kappa shape index (κ1) is 45.5. The Hall–Kier alpha value is -1.56. The van der Waals surface area contributed by atoms with Gasteiger partial charge in [0, 0.05) is 0 Å². The molecule has 0 N–H and O–H groups in total. The van der Waals surface area contributed by atoms with Crippen molar-refractivity contribution in [3.63, 3.8) is 0 Å². The highest BCUT2D eigenvalue weighted by Crippen LogP contribution is 2.35. The molecular formula is C49H86. The fourth-order valence-corrected chi connectivity index (χ4v) is 7.82. The van der Waals surface area contributed by atoms with E-state index in [2.05, 4.69) is 60.6 Å². The van der Waals surface area contributed by atoms with Crippen LogP contribution in [0.3, 0.4) is 0 Å². The molecule has 0 amide bonds. The summed E-state index contributed by atoms with van der Waals surface area (Å²) >= 11 is 0. The number of hydrogen-bond donors (Lipinski definition) is 0. The smallest absolute Gasteiger partial charge is 0.0273 e. The first-order valence-corrected chi connectivity index (χ1v) is 22.2. The summed E-state index contributed by atoms with van der Waals surface area (Å²) in [7, 11) is 0. The summed E-state index contributed by atoms with van der Waals surface area (Å²) in [6, 6.07) is 10.3. The number of unbranched alkanes of at least 4 members (excludes halogenated alkanes) is 20. The Bertz CT molecular complexity index is 945. The summed E-state index contributed by atoms with van der Waals surface area (Å²) in [4.78, 5) is 0. The number of benzene rings is 2. The Labute approximate surface area is 309 Å². The maximum atomic E-state index is 2.56. The molecule has 0 nitrogen and oxygen atoms in total. The molecule has 0 saturated carbocycles. The molecule has 0 heterocycles. The lowest BCUT2D eigenvalue weighted by Crippen LogP contribution is -2.13. The molecule has 0 atom stereocenters. The lowest BCUT2D eigenvalue weighted by Gasteiger charge is -2.27. The molecule has 0 aliphatic carbocycles. The summed E-state index contributed by atoms with van der Waals surface area (Å²) in [6.07, 6.45) is 41.7. The van der Waals surface area contributed by atoms with Gasteiger partial charge in [-0.3, -0.25) is 0 Å². The zero-order valence-corrected chi connectivity index (χ0v) is 34.6. The van der Waals surface area contributed by atoms with Gasteiger partial charge in [0.05, 0.1) is 0 Å². The van der Waals surface area contributed by atoms with Crippen LogP contribution in [0.4, 0.5) is 0 Å². The monoisotopic (exact) mass is 675 g/mol. The van der Waals surface area contributed by atoms with Crippen LogP contribution in [0.15, 0.2) is 30.3 Å². The van der Waals surface area contributed by atoms with E-state index < -0.39 is 0 Å². The zero-order chi connectivity index (χ0) is 35.8. The average molecular weight is 675 g/mol. The summed E-state index contributed by atoms with van der Waals surface area (Å²) in [5.41, 5.74) is 12.3. The average Bonchev–Trinajstić information content (AvgIpc) is 3.11. The predicted molar refractivity (Wildman–Crippen MR) is 225 cm³/mol. The third-order valence-electron chi connectivity index (χ3n) is 11.0. The van der Waals surface area contributed by atoms with Crippen LogP contribution >= 0.6 is 0 Å². The molecular weight excluding hydrogens is 589 g/mol. The first-order valence-electron chi connectivity index (χ1n) is 22.2. The maximum absolute atomic E-state index is 2.56. The molecule has 0 unspecified atom stereocenters. The fourth-order valence-electron chi connectivity index (χ4n) is 7.82. The van der Waals surface area contributed by atoms with E-state index in [9.17, 15) is 0 Å². The van der Waals surface area contributed by atoms with Crippen molar-refractivity contribution in [2.24, 2.45) is 0 Å². The predicted octanol–water partition coefficient (Wildman–Crippen LogP) is 16.6. The Morgan fingerprint density at radius 3 is 0.776 bits per heavy atom. The number of aryl methyl sites for hydroxylation is 1. The Kier molecular flexibility index (Phi) is 30.0. The standard InChI is InChI=1S/C42H78.C7H8/c1-7-12-17-22-27-32-38-37(6)39(33-28-23-18-13-8-2)41(35-30-25-20-15-10-4)42(36-31-26-21-16-11-5)40(38)34-29-24-19-14-9-3;1-7-5-3-2-4-6-7/h7-36H2,1-6H3;2-6H,1H3. The van der Waals surface area contributed by atoms with Crippen molar-refractivity contribution in [3.05, 3.63) is 69.3 Å². The summed E-state index contributed by atoms with van der Waals surface area (Å²) < 4.78 is 0. The van der Waals surface area contributed by atoms with Crippen molar-refractivity contribution in [3.8, 4) is 0 Å². The maximum Gasteiger partial charge on any atom is -0.0273 e. The molecule has 0 bridgehead atoms. The topological polar surface area (TPSA) is 0 Å². The highest BCUT2D eigenvalue weighted by molar-refractivity contribution is 5.52. The van der Waals surface area contributed by atoms with Crippen LogP contribution in [0.2, 0.25) is 0 Å². The van der Waals surface area contributed by atoms with Crippen molar-refractivity contribution in [1.29, 1.82) is 0 Å². The fraction of sp³-hybridized carbons (Fsp3) is 0.755. The van der Waals surface area contributed by atoms with Gasteiger partial charge < -0.3 is 0 Å². The highest BCUT2D eigenvalue weighted by Gasteiger charge is 2.21. The highest BCUT2D eigenvalue weighted by atomic mass is 14.3. The molecule has 0 radical (unpaired) electrons. The third kappa shape index (κ3) is 21.4. The van der Waals surface area contributed by atoms with E-state index >= 15 is 0 Å². The van der Waals surface area contributed by atoms with Gasteiger partial charge in [0.15, 0.2) is 0 Å². The van der Waals surface area contributed by atoms with Gasteiger partial charge in [-0.15, -0.1) is 0 Å². The van der Waals surface area contributed by atoms with E-state index in [-0.39, 0.29) is 0 Å². The first-order chi connectivity index (χ1) is 24.0. The van der Waals surface area contributed by atoms with Gasteiger partial charge in [-0.25, -0.2) is 0 Å². The minimum absolute atomic E-state index is 1.32. The zero-order valence-electron chi connectivity index (χ0n) is 34.6. The summed E-state index contributed by atoms with van der Waals surface area (Å²) in [6.45, 7) is 16.4. The molecule has 2 aromatic carbocycles. The second-order valence-corrected chi connectivity index (χ2v) is 15.5. The Morgan fingerprint density at radius 1 is 0.286 bits per heavy atom. The van der Waals surface area contributed by atoms with E-state index in [1.165, 1.54) is 198 Å². The van der Waals surface area contributed by atoms with Crippen LogP contribution in [0, 0.1) is 13.8 Å². The van der Waals surface area contributed by atoms with Crippen molar-refractivity contribution >= 4 is 0 Å². The van der Waals surface area contributed by atoms with Crippen LogP contribution in [0.5, 0.6) is 0 Å². The van der Waals surface area contributed by atoms with Gasteiger partial charge in [-0.05, 0) is 111 Å². The van der Waals surface area contributed by atoms with Crippen LogP contribution in [0.1, 0.15) is 234 Å². The molecule has 2 aromatic rings. The van der Waals surface area contributed by atoms with Gasteiger partial charge in [0.25, 0.3) is 0 Å². The van der Waals surface area contributed by atoms with Crippen LogP contribution in [0.25, 0.3) is 0 Å². The molecule has 2 rings (SSSR count). The lowest BCUT2D eigenvalue weighted by molar-refractivity contribution is 0.599. The largest absolute Gasteiger partial charge is 0.0654 e. The molecule has 0 aliphatic heterocycles. The van der Waals surface area contributed by atoms with Crippen LogP contribution in [-0.2, 0) is 32.1 Å². The lowest BCUT2D eigenvalue weighted by atomic mass is 9.78. The van der Waals surface area contributed by atoms with E-state index in [1.807, 2.05) is 46.0 Å². The number of hydrogen-bond acceptors (Lipinski definition) is 0. The molecule has 49 heavy (non-hydrogen) atoms. The molecule has 0 heteroatoms. The van der Waals surface area contributed by atoms with Crippen molar-refractivity contribution in [2.45, 2.75) is 241 Å². The van der Waals surface area contributed by atoms with Gasteiger partial charge in [-0.2, -0.15) is 0 Å². The van der Waals surface area contributed by atoms with Crippen molar-refractivity contribution in [2.75, 3.05) is 0 Å². The third-order valence-corrected chi connectivity index (χ3v) is 11.0. The normalized spacial score (nSPS) is 11.2.